The van der Waals surface area contributed by atoms with Crippen LogP contribution in [0.2, 0.25) is 0 Å². The van der Waals surface area contributed by atoms with Crippen LogP contribution in [0, 0.1) is 0 Å². The van der Waals surface area contributed by atoms with Crippen molar-refractivity contribution < 1.29 is 10.2 Å². The number of aliphatic hydroxyl groups excluding tert-OH is 2. The molecule has 1 aromatic rings. The Morgan fingerprint density at radius 2 is 1.60 bits per heavy atom. The van der Waals surface area contributed by atoms with E-state index in [2.05, 4.69) is 15.4 Å². The van der Waals surface area contributed by atoms with E-state index in [0.29, 0.717) is 11.4 Å². The van der Waals surface area contributed by atoms with Gasteiger partial charge in [0, 0.05) is 0 Å². The van der Waals surface area contributed by atoms with Crippen LogP contribution in [0.4, 0.5) is 0 Å². The fourth-order valence-corrected chi connectivity index (χ4v) is 0.542. The zero-order valence-electron chi connectivity index (χ0n) is 5.23. The van der Waals surface area contributed by atoms with E-state index in [4.69, 9.17) is 10.2 Å². The van der Waals surface area contributed by atoms with Crippen molar-refractivity contribution in [2.45, 2.75) is 13.2 Å². The predicted octanol–water partition coefficient (Wildman–Crippen LogP) is -1.14. The lowest BCUT2D eigenvalue weighted by Gasteiger charge is -1.93. The second-order valence-electron chi connectivity index (χ2n) is 1.73. The highest BCUT2D eigenvalue weighted by Gasteiger charge is 1.95. The van der Waals surface area contributed by atoms with E-state index in [1.165, 1.54) is 6.07 Å². The van der Waals surface area contributed by atoms with Crippen LogP contribution in [0.5, 0.6) is 0 Å². The lowest BCUT2D eigenvalue weighted by Crippen LogP contribution is -1.99. The van der Waals surface area contributed by atoms with Crippen LogP contribution in [0.3, 0.4) is 0 Å². The Hall–Kier alpha value is -1.07. The largest absolute Gasteiger partial charge is 0.390 e. The summed E-state index contributed by atoms with van der Waals surface area (Å²) in [7, 11) is 0. The normalized spacial score (nSPS) is 9.80. The van der Waals surface area contributed by atoms with E-state index in [0.717, 1.165) is 0 Å². The lowest BCUT2D eigenvalue weighted by molar-refractivity contribution is 0.264. The quantitative estimate of drug-likeness (QED) is 0.544. The van der Waals surface area contributed by atoms with Gasteiger partial charge in [0.05, 0.1) is 24.6 Å². The number of aliphatic hydroxyl groups is 2. The van der Waals surface area contributed by atoms with E-state index >= 15 is 0 Å². The Morgan fingerprint density at radius 3 is 2.00 bits per heavy atom. The van der Waals surface area contributed by atoms with Gasteiger partial charge < -0.3 is 10.2 Å². The van der Waals surface area contributed by atoms with Gasteiger partial charge in [0.25, 0.3) is 0 Å². The monoisotopic (exact) mass is 141 g/mol. The number of aromatic nitrogens is 3. The van der Waals surface area contributed by atoms with Crippen LogP contribution >= 0.6 is 0 Å². The molecule has 5 heteroatoms. The Morgan fingerprint density at radius 1 is 1.10 bits per heavy atom. The van der Waals surface area contributed by atoms with E-state index in [1.807, 2.05) is 0 Å². The van der Waals surface area contributed by atoms with Crippen LogP contribution in [0.25, 0.3) is 0 Å². The summed E-state index contributed by atoms with van der Waals surface area (Å²) in [4.78, 5) is 0. The van der Waals surface area contributed by atoms with Crippen LogP contribution in [-0.2, 0) is 13.2 Å². The van der Waals surface area contributed by atoms with Crippen LogP contribution in [-0.4, -0.2) is 25.6 Å². The molecule has 2 N–H and O–H groups in total. The first-order chi connectivity index (χ1) is 4.86. The topological polar surface area (TPSA) is 79.1 Å². The van der Waals surface area contributed by atoms with Crippen molar-refractivity contribution in [1.29, 1.82) is 0 Å². The summed E-state index contributed by atoms with van der Waals surface area (Å²) in [5.74, 6) is 0. The molecule has 0 bridgehead atoms. The molecule has 0 aromatic carbocycles. The first-order valence-electron chi connectivity index (χ1n) is 2.76. The van der Waals surface area contributed by atoms with Crippen molar-refractivity contribution in [3.63, 3.8) is 0 Å². The Bertz CT molecular complexity index is 197. The molecular weight excluding hydrogens is 134 g/mol. The molecule has 0 unspecified atom stereocenters. The third kappa shape index (κ3) is 1.46. The molecule has 0 spiro atoms. The summed E-state index contributed by atoms with van der Waals surface area (Å²) in [5, 5.41) is 27.4. The summed E-state index contributed by atoms with van der Waals surface area (Å²) in [6, 6.07) is 1.49. The van der Waals surface area contributed by atoms with Gasteiger partial charge in [0.2, 0.25) is 0 Å². The van der Waals surface area contributed by atoms with Crippen molar-refractivity contribution in [1.82, 2.24) is 15.4 Å². The maximum Gasteiger partial charge on any atom is 0.0922 e. The minimum Gasteiger partial charge on any atom is -0.390 e. The molecule has 0 saturated carbocycles. The van der Waals surface area contributed by atoms with Crippen molar-refractivity contribution in [2.24, 2.45) is 0 Å². The predicted molar refractivity (Wildman–Crippen MR) is 31.7 cm³/mol. The Balaban J connectivity index is 2.87. The summed E-state index contributed by atoms with van der Waals surface area (Å²) in [5.41, 5.74) is 0.832. The second kappa shape index (κ2) is 3.19. The van der Waals surface area contributed by atoms with Gasteiger partial charge in [-0.1, -0.05) is 0 Å². The van der Waals surface area contributed by atoms with Gasteiger partial charge in [-0.15, -0.1) is 10.2 Å². The van der Waals surface area contributed by atoms with Gasteiger partial charge in [-0.05, 0) is 11.3 Å². The zero-order valence-corrected chi connectivity index (χ0v) is 5.23. The summed E-state index contributed by atoms with van der Waals surface area (Å²) >= 11 is 0. The fourth-order valence-electron chi connectivity index (χ4n) is 0.542. The molecule has 0 aliphatic heterocycles. The zero-order chi connectivity index (χ0) is 7.40. The first kappa shape index (κ1) is 7.04. The first-order valence-corrected chi connectivity index (χ1v) is 2.76. The molecule has 1 rings (SSSR count). The van der Waals surface area contributed by atoms with Gasteiger partial charge in [-0.3, -0.25) is 0 Å². The molecule has 54 valence electrons. The molecule has 1 heterocycles. The molecule has 0 amide bonds. The molecule has 1 aromatic heterocycles. The van der Waals surface area contributed by atoms with Crippen LogP contribution in [0.15, 0.2) is 6.07 Å². The molecular formula is C5H7N3O2. The molecule has 10 heavy (non-hydrogen) atoms. The molecule has 0 atom stereocenters. The van der Waals surface area contributed by atoms with Crippen LogP contribution in [0.1, 0.15) is 11.4 Å². The van der Waals surface area contributed by atoms with Crippen LogP contribution < -0.4 is 0 Å². The van der Waals surface area contributed by atoms with E-state index in [1.54, 1.807) is 0 Å². The molecule has 5 nitrogen and oxygen atoms in total. The summed E-state index contributed by atoms with van der Waals surface area (Å²) < 4.78 is 0. The van der Waals surface area contributed by atoms with Crippen molar-refractivity contribution >= 4 is 0 Å². The van der Waals surface area contributed by atoms with Gasteiger partial charge in [0.15, 0.2) is 0 Å². The van der Waals surface area contributed by atoms with E-state index < -0.39 is 0 Å². The molecule has 0 radical (unpaired) electrons. The molecule has 0 saturated heterocycles. The smallest absolute Gasteiger partial charge is 0.0922 e. The highest BCUT2D eigenvalue weighted by Crippen LogP contribution is 1.94. The van der Waals surface area contributed by atoms with Crippen molar-refractivity contribution in [2.75, 3.05) is 0 Å². The van der Waals surface area contributed by atoms with E-state index in [9.17, 15) is 0 Å². The standard InChI is InChI=1S/C5H7N3O2/c9-2-4-1-5(3-10)7-8-6-4/h1,9-10H,2-3H2. The third-order valence-corrected chi connectivity index (χ3v) is 1.00. The number of hydrogen-bond acceptors (Lipinski definition) is 5. The van der Waals surface area contributed by atoms with E-state index in [-0.39, 0.29) is 13.2 Å². The Kier molecular flexibility index (Phi) is 2.24. The van der Waals surface area contributed by atoms with Gasteiger partial charge >= 0.3 is 0 Å². The maximum atomic E-state index is 8.55. The number of rotatable bonds is 2. The highest BCUT2D eigenvalue weighted by molar-refractivity contribution is 5.03. The SMILES string of the molecule is OCc1cc(CO)nnn1. The highest BCUT2D eigenvalue weighted by atomic mass is 16.3. The summed E-state index contributed by atoms with van der Waals surface area (Å²) in [6.07, 6.45) is 0. The minimum absolute atomic E-state index is 0.178. The van der Waals surface area contributed by atoms with Gasteiger partial charge in [0.1, 0.15) is 0 Å². The van der Waals surface area contributed by atoms with Gasteiger partial charge in [-0.25, -0.2) is 0 Å². The third-order valence-electron chi connectivity index (χ3n) is 1.00. The van der Waals surface area contributed by atoms with Crippen molar-refractivity contribution in [3.05, 3.63) is 17.5 Å². The minimum atomic E-state index is -0.178. The van der Waals surface area contributed by atoms with Crippen molar-refractivity contribution in [3.8, 4) is 0 Å². The Labute approximate surface area is 57.3 Å². The fraction of sp³-hybridized carbons (Fsp3) is 0.400. The molecule has 0 aliphatic rings. The number of nitrogens with zero attached hydrogens (tertiary/aromatic N) is 3. The average Bonchev–Trinajstić information content (AvgIpc) is 2.05. The average molecular weight is 141 g/mol. The lowest BCUT2D eigenvalue weighted by atomic mass is 10.3. The number of hydrogen-bond donors (Lipinski definition) is 2. The summed E-state index contributed by atoms with van der Waals surface area (Å²) in [6.45, 7) is -0.356. The maximum absolute atomic E-state index is 8.55. The molecule has 0 fully saturated rings. The van der Waals surface area contributed by atoms with Gasteiger partial charge in [-0.2, -0.15) is 0 Å². The second-order valence-corrected chi connectivity index (χ2v) is 1.73. The molecule has 0 aliphatic carbocycles.